The van der Waals surface area contributed by atoms with Crippen molar-refractivity contribution in [1.82, 2.24) is 9.38 Å². The van der Waals surface area contributed by atoms with Crippen LogP contribution in [0.2, 0.25) is 0 Å². The van der Waals surface area contributed by atoms with Crippen molar-refractivity contribution in [2.45, 2.75) is 13.8 Å². The van der Waals surface area contributed by atoms with Gasteiger partial charge in [-0.1, -0.05) is 29.8 Å². The average Bonchev–Trinajstić information content (AvgIpc) is 2.55. The third-order valence-electron chi connectivity index (χ3n) is 3.79. The Hall–Kier alpha value is -3.21. The zero-order valence-corrected chi connectivity index (χ0v) is 13.4. The maximum atomic E-state index is 12.2. The van der Waals surface area contributed by atoms with E-state index in [-0.39, 0.29) is 11.1 Å². The van der Waals surface area contributed by atoms with E-state index in [4.69, 9.17) is 5.11 Å². The van der Waals surface area contributed by atoms with Crippen molar-refractivity contribution in [3.63, 3.8) is 0 Å². The molecule has 0 atom stereocenters. The molecule has 0 unspecified atom stereocenters. The molecule has 0 fully saturated rings. The fourth-order valence-corrected chi connectivity index (χ4v) is 2.45. The van der Waals surface area contributed by atoms with Gasteiger partial charge in [0.2, 0.25) is 0 Å². The molecule has 0 aliphatic carbocycles. The Kier molecular flexibility index (Phi) is 4.00. The Bertz CT molecular complexity index is 1030. The second-order valence-electron chi connectivity index (χ2n) is 5.66. The molecule has 0 radical (unpaired) electrons. The third-order valence-corrected chi connectivity index (χ3v) is 3.79. The summed E-state index contributed by atoms with van der Waals surface area (Å²) in [6.45, 7) is 4.05. The van der Waals surface area contributed by atoms with Gasteiger partial charge in [-0.05, 0) is 43.2 Å². The van der Waals surface area contributed by atoms with Gasteiger partial charge >= 0.3 is 5.97 Å². The number of benzene rings is 1. The summed E-state index contributed by atoms with van der Waals surface area (Å²) in [5.41, 5.74) is 4.04. The van der Waals surface area contributed by atoms with E-state index in [1.807, 2.05) is 32.1 Å². The molecule has 0 spiro atoms. The summed E-state index contributed by atoms with van der Waals surface area (Å²) in [7, 11) is 0. The van der Waals surface area contributed by atoms with Crippen LogP contribution in [0.15, 0.2) is 47.4 Å². The largest absolute Gasteiger partial charge is 0.478 e. The van der Waals surface area contributed by atoms with Crippen LogP contribution in [-0.2, 0) is 0 Å². The Balaban J connectivity index is 2.03. The maximum Gasteiger partial charge on any atom is 0.337 e. The number of pyridine rings is 1. The Morgan fingerprint density at radius 3 is 2.67 bits per heavy atom. The highest BCUT2D eigenvalue weighted by Gasteiger charge is 2.06. The van der Waals surface area contributed by atoms with E-state index in [1.165, 1.54) is 28.8 Å². The van der Waals surface area contributed by atoms with Gasteiger partial charge in [0.05, 0.1) is 11.3 Å². The standard InChI is InChI=1S/C19H16N2O3/c1-12-3-4-13(2)14(9-12)5-7-16-10-18(22)21-11-15(19(23)24)6-8-17(21)20-16/h3-11H,1-2H3,(H,23,24). The van der Waals surface area contributed by atoms with Crippen LogP contribution in [0.25, 0.3) is 17.8 Å². The van der Waals surface area contributed by atoms with Gasteiger partial charge in [-0.2, -0.15) is 0 Å². The Morgan fingerprint density at radius 2 is 1.92 bits per heavy atom. The molecule has 0 aliphatic heterocycles. The van der Waals surface area contributed by atoms with Gasteiger partial charge in [-0.15, -0.1) is 0 Å². The van der Waals surface area contributed by atoms with E-state index in [9.17, 15) is 9.59 Å². The van der Waals surface area contributed by atoms with E-state index < -0.39 is 5.97 Å². The molecular weight excluding hydrogens is 304 g/mol. The highest BCUT2D eigenvalue weighted by molar-refractivity contribution is 5.87. The average molecular weight is 320 g/mol. The lowest BCUT2D eigenvalue weighted by Crippen LogP contribution is -2.15. The number of hydrogen-bond acceptors (Lipinski definition) is 3. The summed E-state index contributed by atoms with van der Waals surface area (Å²) < 4.78 is 1.23. The molecule has 0 bridgehead atoms. The summed E-state index contributed by atoms with van der Waals surface area (Å²) in [6, 6.07) is 10.5. The van der Waals surface area contributed by atoms with Crippen molar-refractivity contribution < 1.29 is 9.90 Å². The molecule has 2 heterocycles. The topological polar surface area (TPSA) is 71.7 Å². The Labute approximate surface area is 138 Å². The first-order valence-corrected chi connectivity index (χ1v) is 7.46. The minimum atomic E-state index is -1.08. The second kappa shape index (κ2) is 6.12. The molecule has 24 heavy (non-hydrogen) atoms. The van der Waals surface area contributed by atoms with Crippen LogP contribution in [0.4, 0.5) is 0 Å². The summed E-state index contributed by atoms with van der Waals surface area (Å²) in [5.74, 6) is -1.08. The smallest absolute Gasteiger partial charge is 0.337 e. The fourth-order valence-electron chi connectivity index (χ4n) is 2.45. The molecular formula is C19H16N2O3. The van der Waals surface area contributed by atoms with Gasteiger partial charge in [0.25, 0.3) is 5.56 Å². The molecule has 2 aromatic heterocycles. The fraction of sp³-hybridized carbons (Fsp3) is 0.105. The number of aromatic nitrogens is 2. The van der Waals surface area contributed by atoms with E-state index in [2.05, 4.69) is 11.1 Å². The van der Waals surface area contributed by atoms with Gasteiger partial charge < -0.3 is 5.11 Å². The molecule has 5 heteroatoms. The zero-order chi connectivity index (χ0) is 17.3. The van der Waals surface area contributed by atoms with Crippen LogP contribution >= 0.6 is 0 Å². The molecule has 0 saturated heterocycles. The summed E-state index contributed by atoms with van der Waals surface area (Å²) in [6.07, 6.45) is 4.99. The van der Waals surface area contributed by atoms with Crippen LogP contribution in [0.1, 0.15) is 32.7 Å². The van der Waals surface area contributed by atoms with Crippen molar-refractivity contribution in [3.8, 4) is 0 Å². The van der Waals surface area contributed by atoms with Gasteiger partial charge in [0.1, 0.15) is 5.65 Å². The van der Waals surface area contributed by atoms with Crippen LogP contribution in [-0.4, -0.2) is 20.5 Å². The number of aromatic carboxylic acids is 1. The minimum Gasteiger partial charge on any atom is -0.478 e. The number of hydrogen-bond donors (Lipinski definition) is 1. The maximum absolute atomic E-state index is 12.2. The minimum absolute atomic E-state index is 0.0464. The summed E-state index contributed by atoms with van der Waals surface area (Å²) in [4.78, 5) is 27.6. The van der Waals surface area contributed by atoms with E-state index in [1.54, 1.807) is 6.08 Å². The first kappa shape index (κ1) is 15.7. The third kappa shape index (κ3) is 3.10. The first-order valence-electron chi connectivity index (χ1n) is 7.46. The van der Waals surface area contributed by atoms with Crippen LogP contribution in [0, 0.1) is 13.8 Å². The van der Waals surface area contributed by atoms with Crippen molar-refractivity contribution in [3.05, 3.63) is 80.9 Å². The molecule has 1 aromatic carbocycles. The van der Waals surface area contributed by atoms with Gasteiger partial charge in [0, 0.05) is 12.3 Å². The van der Waals surface area contributed by atoms with Crippen LogP contribution in [0.3, 0.4) is 0 Å². The number of rotatable bonds is 3. The lowest BCUT2D eigenvalue weighted by Gasteiger charge is -2.04. The van der Waals surface area contributed by atoms with Crippen LogP contribution in [0.5, 0.6) is 0 Å². The van der Waals surface area contributed by atoms with Gasteiger partial charge in [0.15, 0.2) is 0 Å². The molecule has 120 valence electrons. The zero-order valence-electron chi connectivity index (χ0n) is 13.4. The van der Waals surface area contributed by atoms with E-state index in [0.717, 1.165) is 16.7 Å². The first-order chi connectivity index (χ1) is 11.4. The number of fused-ring (bicyclic) bond motifs is 1. The number of carboxylic acid groups (broad SMARTS) is 1. The number of carboxylic acids is 1. The lowest BCUT2D eigenvalue weighted by atomic mass is 10.1. The second-order valence-corrected chi connectivity index (χ2v) is 5.66. The molecule has 0 saturated carbocycles. The molecule has 1 N–H and O–H groups in total. The molecule has 5 nitrogen and oxygen atoms in total. The molecule has 0 amide bonds. The number of aryl methyl sites for hydroxylation is 2. The summed E-state index contributed by atoms with van der Waals surface area (Å²) in [5, 5.41) is 9.00. The molecule has 3 aromatic rings. The monoisotopic (exact) mass is 320 g/mol. The van der Waals surface area contributed by atoms with Crippen LogP contribution < -0.4 is 5.56 Å². The molecule has 3 rings (SSSR count). The van der Waals surface area contributed by atoms with Crippen molar-refractivity contribution in [2.24, 2.45) is 0 Å². The SMILES string of the molecule is Cc1ccc(C)c(C=Cc2cc(=O)n3cc(C(=O)O)ccc3n2)c1. The predicted molar refractivity (Wildman–Crippen MR) is 93.3 cm³/mol. The van der Waals surface area contributed by atoms with Crippen molar-refractivity contribution >= 4 is 23.8 Å². The van der Waals surface area contributed by atoms with E-state index in [0.29, 0.717) is 11.3 Å². The quantitative estimate of drug-likeness (QED) is 0.804. The summed E-state index contributed by atoms with van der Waals surface area (Å²) >= 11 is 0. The lowest BCUT2D eigenvalue weighted by molar-refractivity contribution is 0.0696. The van der Waals surface area contributed by atoms with Crippen molar-refractivity contribution in [2.75, 3.05) is 0 Å². The highest BCUT2D eigenvalue weighted by atomic mass is 16.4. The van der Waals surface area contributed by atoms with Gasteiger partial charge in [-0.25, -0.2) is 9.78 Å². The number of nitrogens with zero attached hydrogens (tertiary/aromatic N) is 2. The Morgan fingerprint density at radius 1 is 1.12 bits per heavy atom. The normalized spacial score (nSPS) is 11.2. The van der Waals surface area contributed by atoms with Gasteiger partial charge in [-0.3, -0.25) is 9.20 Å². The van der Waals surface area contributed by atoms with E-state index >= 15 is 0 Å². The predicted octanol–water partition coefficient (Wildman–Crippen LogP) is 3.18. The number of carbonyl (C=O) groups is 1. The highest BCUT2D eigenvalue weighted by Crippen LogP contribution is 2.14. The van der Waals surface area contributed by atoms with Crippen molar-refractivity contribution in [1.29, 1.82) is 0 Å². The molecule has 0 aliphatic rings.